The van der Waals surface area contributed by atoms with E-state index < -0.39 is 6.04 Å². The Labute approximate surface area is 174 Å². The number of aryl methyl sites for hydroxylation is 1. The summed E-state index contributed by atoms with van der Waals surface area (Å²) in [6, 6.07) is 14.8. The zero-order chi connectivity index (χ0) is 19.8. The third-order valence-corrected chi connectivity index (χ3v) is 4.89. The van der Waals surface area contributed by atoms with Crippen molar-refractivity contribution in [3.8, 4) is 5.75 Å². The van der Waals surface area contributed by atoms with Crippen molar-refractivity contribution in [2.24, 2.45) is 0 Å². The quantitative estimate of drug-likeness (QED) is 0.589. The van der Waals surface area contributed by atoms with Gasteiger partial charge in [0.05, 0.1) is 0 Å². The number of rotatable bonds is 8. The molecular formula is C21H25IN2O3. The number of carbonyl (C=O) groups is 2. The molecule has 0 radical (unpaired) electrons. The van der Waals surface area contributed by atoms with Crippen LogP contribution in [0.5, 0.6) is 5.75 Å². The SMILES string of the molecule is CCNC(=O)[C@H](C)N(Cc1ccc(C)cc1)C(=O)COc1ccc(I)cc1. The molecule has 5 nitrogen and oxygen atoms in total. The molecule has 2 aromatic carbocycles. The number of likely N-dealkylation sites (N-methyl/N-ethyl adjacent to an activating group) is 1. The van der Waals surface area contributed by atoms with Crippen LogP contribution in [0.25, 0.3) is 0 Å². The van der Waals surface area contributed by atoms with Crippen LogP contribution in [0.15, 0.2) is 48.5 Å². The number of ether oxygens (including phenoxy) is 1. The first-order valence-electron chi connectivity index (χ1n) is 8.91. The molecule has 6 heteroatoms. The molecule has 27 heavy (non-hydrogen) atoms. The lowest BCUT2D eigenvalue weighted by Crippen LogP contribution is -2.49. The first-order chi connectivity index (χ1) is 12.9. The van der Waals surface area contributed by atoms with E-state index in [1.54, 1.807) is 11.8 Å². The minimum atomic E-state index is -0.584. The molecular weight excluding hydrogens is 455 g/mol. The van der Waals surface area contributed by atoms with E-state index >= 15 is 0 Å². The van der Waals surface area contributed by atoms with Crippen molar-refractivity contribution in [1.82, 2.24) is 10.2 Å². The van der Waals surface area contributed by atoms with Crippen LogP contribution in [0.3, 0.4) is 0 Å². The molecule has 0 saturated heterocycles. The summed E-state index contributed by atoms with van der Waals surface area (Å²) in [5.41, 5.74) is 2.12. The highest BCUT2D eigenvalue weighted by Crippen LogP contribution is 2.15. The number of halogens is 1. The third-order valence-electron chi connectivity index (χ3n) is 4.17. The van der Waals surface area contributed by atoms with Crippen LogP contribution in [0, 0.1) is 10.5 Å². The van der Waals surface area contributed by atoms with E-state index in [4.69, 9.17) is 4.74 Å². The Balaban J connectivity index is 2.11. The fourth-order valence-corrected chi connectivity index (χ4v) is 2.91. The highest BCUT2D eigenvalue weighted by Gasteiger charge is 2.26. The summed E-state index contributed by atoms with van der Waals surface area (Å²) in [4.78, 5) is 26.7. The lowest BCUT2D eigenvalue weighted by Gasteiger charge is -2.28. The van der Waals surface area contributed by atoms with E-state index in [0.717, 1.165) is 14.7 Å². The van der Waals surface area contributed by atoms with E-state index in [0.29, 0.717) is 18.8 Å². The Hall–Kier alpha value is -2.09. The molecule has 144 valence electrons. The molecule has 2 rings (SSSR count). The van der Waals surface area contributed by atoms with Gasteiger partial charge in [-0.1, -0.05) is 29.8 Å². The van der Waals surface area contributed by atoms with Crippen molar-refractivity contribution >= 4 is 34.4 Å². The van der Waals surface area contributed by atoms with Crippen LogP contribution >= 0.6 is 22.6 Å². The number of hydrogen-bond acceptors (Lipinski definition) is 3. The van der Waals surface area contributed by atoms with E-state index in [2.05, 4.69) is 27.9 Å². The van der Waals surface area contributed by atoms with Crippen LogP contribution in [-0.4, -0.2) is 35.9 Å². The molecule has 0 spiro atoms. The van der Waals surface area contributed by atoms with Gasteiger partial charge < -0.3 is 15.0 Å². The predicted molar refractivity (Wildman–Crippen MR) is 115 cm³/mol. The van der Waals surface area contributed by atoms with Gasteiger partial charge >= 0.3 is 0 Å². The minimum Gasteiger partial charge on any atom is -0.484 e. The molecule has 0 bridgehead atoms. The zero-order valence-electron chi connectivity index (χ0n) is 15.9. The van der Waals surface area contributed by atoms with Crippen molar-refractivity contribution in [2.75, 3.05) is 13.2 Å². The summed E-state index contributed by atoms with van der Waals surface area (Å²) in [5, 5.41) is 2.78. The van der Waals surface area contributed by atoms with Gasteiger partial charge in [0.15, 0.2) is 6.61 Å². The number of amides is 2. The van der Waals surface area contributed by atoms with Gasteiger partial charge in [0.1, 0.15) is 11.8 Å². The van der Waals surface area contributed by atoms with Crippen molar-refractivity contribution < 1.29 is 14.3 Å². The van der Waals surface area contributed by atoms with Gasteiger partial charge in [0.25, 0.3) is 5.91 Å². The maximum atomic E-state index is 12.8. The van der Waals surface area contributed by atoms with Gasteiger partial charge in [0.2, 0.25) is 5.91 Å². The fourth-order valence-electron chi connectivity index (χ4n) is 2.55. The molecule has 0 heterocycles. The topological polar surface area (TPSA) is 58.6 Å². The summed E-state index contributed by atoms with van der Waals surface area (Å²) in [6.07, 6.45) is 0. The normalized spacial score (nSPS) is 11.6. The van der Waals surface area contributed by atoms with Crippen LogP contribution in [0.1, 0.15) is 25.0 Å². The van der Waals surface area contributed by atoms with Gasteiger partial charge in [-0.3, -0.25) is 9.59 Å². The first kappa shape index (κ1) is 21.2. The average molecular weight is 480 g/mol. The smallest absolute Gasteiger partial charge is 0.261 e. The second-order valence-corrected chi connectivity index (χ2v) is 7.57. The van der Waals surface area contributed by atoms with Crippen molar-refractivity contribution in [2.45, 2.75) is 33.4 Å². The molecule has 0 aliphatic heterocycles. The highest BCUT2D eigenvalue weighted by atomic mass is 127. The van der Waals surface area contributed by atoms with Gasteiger partial charge in [0, 0.05) is 16.7 Å². The summed E-state index contributed by atoms with van der Waals surface area (Å²) >= 11 is 2.21. The van der Waals surface area contributed by atoms with Crippen LogP contribution < -0.4 is 10.1 Å². The van der Waals surface area contributed by atoms with E-state index in [9.17, 15) is 9.59 Å². The summed E-state index contributed by atoms with van der Waals surface area (Å²) in [7, 11) is 0. The second-order valence-electron chi connectivity index (χ2n) is 6.32. The molecule has 0 aliphatic rings. The molecule has 0 aliphatic carbocycles. The van der Waals surface area contributed by atoms with Gasteiger partial charge in [-0.05, 0) is 73.2 Å². The molecule has 0 unspecified atom stereocenters. The Kier molecular flexibility index (Phi) is 8.09. The fraction of sp³-hybridized carbons (Fsp3) is 0.333. The first-order valence-corrected chi connectivity index (χ1v) is 9.99. The van der Waals surface area contributed by atoms with E-state index in [-0.39, 0.29) is 18.4 Å². The monoisotopic (exact) mass is 480 g/mol. The lowest BCUT2D eigenvalue weighted by molar-refractivity contribution is -0.142. The Bertz CT molecular complexity index is 760. The van der Waals surface area contributed by atoms with Crippen LogP contribution in [0.4, 0.5) is 0 Å². The van der Waals surface area contributed by atoms with Crippen LogP contribution in [0.2, 0.25) is 0 Å². The predicted octanol–water partition coefficient (Wildman–Crippen LogP) is 3.53. The van der Waals surface area contributed by atoms with E-state index in [1.165, 1.54) is 0 Å². The molecule has 2 amide bonds. The molecule has 0 saturated carbocycles. The maximum absolute atomic E-state index is 12.8. The van der Waals surface area contributed by atoms with Gasteiger partial charge in [-0.15, -0.1) is 0 Å². The molecule has 0 aromatic heterocycles. The third kappa shape index (κ3) is 6.53. The minimum absolute atomic E-state index is 0.115. The number of benzene rings is 2. The number of carbonyl (C=O) groups excluding carboxylic acids is 2. The molecule has 1 atom stereocenters. The van der Waals surface area contributed by atoms with E-state index in [1.807, 2.05) is 62.4 Å². The summed E-state index contributed by atoms with van der Waals surface area (Å²) in [6.45, 7) is 6.37. The van der Waals surface area contributed by atoms with Crippen molar-refractivity contribution in [3.63, 3.8) is 0 Å². The Morgan fingerprint density at radius 2 is 1.74 bits per heavy atom. The largest absolute Gasteiger partial charge is 0.484 e. The van der Waals surface area contributed by atoms with Gasteiger partial charge in [-0.25, -0.2) is 0 Å². The molecule has 2 aromatic rings. The van der Waals surface area contributed by atoms with Gasteiger partial charge in [-0.2, -0.15) is 0 Å². The summed E-state index contributed by atoms with van der Waals surface area (Å²) in [5.74, 6) is 0.227. The second kappa shape index (κ2) is 10.3. The number of hydrogen-bond donors (Lipinski definition) is 1. The summed E-state index contributed by atoms with van der Waals surface area (Å²) < 4.78 is 6.72. The lowest BCUT2D eigenvalue weighted by atomic mass is 10.1. The Morgan fingerprint density at radius 1 is 1.11 bits per heavy atom. The molecule has 0 fully saturated rings. The highest BCUT2D eigenvalue weighted by molar-refractivity contribution is 14.1. The standard InChI is InChI=1S/C21H25IN2O3/c1-4-23-21(26)16(3)24(13-17-7-5-15(2)6-8-17)20(25)14-27-19-11-9-18(22)10-12-19/h5-12,16H,4,13-14H2,1-3H3,(H,23,26)/t16-/m0/s1. The zero-order valence-corrected chi connectivity index (χ0v) is 18.0. The number of nitrogens with one attached hydrogen (secondary N) is 1. The Morgan fingerprint density at radius 3 is 2.33 bits per heavy atom. The molecule has 1 N–H and O–H groups in total. The van der Waals surface area contributed by atoms with Crippen molar-refractivity contribution in [3.05, 3.63) is 63.2 Å². The average Bonchev–Trinajstić information content (AvgIpc) is 2.66. The number of nitrogens with zero attached hydrogens (tertiary/aromatic N) is 1. The van der Waals surface area contributed by atoms with Crippen LogP contribution in [-0.2, 0) is 16.1 Å². The van der Waals surface area contributed by atoms with Crippen molar-refractivity contribution in [1.29, 1.82) is 0 Å². The maximum Gasteiger partial charge on any atom is 0.261 e.